The number of aryl methyl sites for hydroxylation is 2. The molecule has 1 nitrogen and oxygen atoms in total. The van der Waals surface area contributed by atoms with Gasteiger partial charge in [-0.15, -0.1) is 0 Å². The Morgan fingerprint density at radius 1 is 0.541 bits per heavy atom. The van der Waals surface area contributed by atoms with E-state index in [0.29, 0.717) is 0 Å². The van der Waals surface area contributed by atoms with E-state index in [9.17, 15) is 0 Å². The van der Waals surface area contributed by atoms with E-state index >= 15 is 0 Å². The second-order valence-electron chi connectivity index (χ2n) is 10.2. The van der Waals surface area contributed by atoms with Crippen LogP contribution in [0.5, 0.6) is 0 Å². The fraction of sp³-hybridized carbons (Fsp3) is 0.111. The average Bonchev–Trinajstić information content (AvgIpc) is 3.27. The van der Waals surface area contributed by atoms with Crippen LogP contribution in [0.3, 0.4) is 0 Å². The molecule has 0 fully saturated rings. The van der Waals surface area contributed by atoms with Gasteiger partial charge in [0.2, 0.25) is 0 Å². The molecule has 0 aromatic heterocycles. The van der Waals surface area contributed by atoms with Crippen LogP contribution in [0.15, 0.2) is 115 Å². The lowest BCUT2D eigenvalue weighted by molar-refractivity contribution is 0.982. The molecule has 0 unspecified atom stereocenters. The van der Waals surface area contributed by atoms with Gasteiger partial charge in [-0.3, -0.25) is 0 Å². The lowest BCUT2D eigenvalue weighted by Gasteiger charge is -2.26. The van der Waals surface area contributed by atoms with E-state index in [4.69, 9.17) is 0 Å². The predicted molar refractivity (Wildman–Crippen MR) is 157 cm³/mol. The highest BCUT2D eigenvalue weighted by Gasteiger charge is 2.32. The molecule has 0 aliphatic heterocycles. The molecule has 1 heteroatoms. The first kappa shape index (κ1) is 21.9. The van der Waals surface area contributed by atoms with Crippen LogP contribution >= 0.6 is 0 Å². The number of para-hydroxylation sites is 2. The first-order valence-corrected chi connectivity index (χ1v) is 13.2. The van der Waals surface area contributed by atoms with E-state index in [2.05, 4.69) is 134 Å². The van der Waals surface area contributed by atoms with E-state index in [0.717, 1.165) is 24.2 Å². The minimum atomic E-state index is 1.07. The minimum Gasteiger partial charge on any atom is -0.311 e. The van der Waals surface area contributed by atoms with Crippen LogP contribution < -0.4 is 4.90 Å². The van der Waals surface area contributed by atoms with Crippen LogP contribution in [-0.2, 0) is 6.42 Å². The summed E-state index contributed by atoms with van der Waals surface area (Å²) in [5, 5.41) is 0. The average molecular weight is 476 g/mol. The maximum atomic E-state index is 2.38. The van der Waals surface area contributed by atoms with Crippen molar-refractivity contribution in [2.75, 3.05) is 4.90 Å². The summed E-state index contributed by atoms with van der Waals surface area (Å²) in [4.78, 5) is 2.33. The second-order valence-corrected chi connectivity index (χ2v) is 10.2. The van der Waals surface area contributed by atoms with E-state index in [1.54, 1.807) is 0 Å². The highest BCUT2D eigenvalue weighted by Crippen LogP contribution is 2.53. The third kappa shape index (κ3) is 3.54. The third-order valence-corrected chi connectivity index (χ3v) is 7.96. The van der Waals surface area contributed by atoms with E-state index in [-0.39, 0.29) is 0 Å². The fourth-order valence-electron chi connectivity index (χ4n) is 6.21. The Kier molecular flexibility index (Phi) is 5.11. The Labute approximate surface area is 219 Å². The van der Waals surface area contributed by atoms with E-state index in [1.165, 1.54) is 61.3 Å². The fourth-order valence-corrected chi connectivity index (χ4v) is 6.21. The molecule has 2 aliphatic rings. The number of hydrogen-bond acceptors (Lipinski definition) is 1. The molecule has 0 heterocycles. The van der Waals surface area contributed by atoms with Crippen molar-refractivity contribution in [2.24, 2.45) is 0 Å². The van der Waals surface area contributed by atoms with Gasteiger partial charge >= 0.3 is 0 Å². The van der Waals surface area contributed by atoms with Crippen molar-refractivity contribution in [1.29, 1.82) is 0 Å². The maximum Gasteiger partial charge on any atom is 0.0462 e. The summed E-state index contributed by atoms with van der Waals surface area (Å²) in [6.45, 7) is 4.47. The smallest absolute Gasteiger partial charge is 0.0462 e. The molecule has 5 aromatic carbocycles. The molecule has 5 aromatic rings. The highest BCUT2D eigenvalue weighted by atomic mass is 15.1. The summed E-state index contributed by atoms with van der Waals surface area (Å²) in [5.74, 6) is 0. The molecule has 0 amide bonds. The van der Waals surface area contributed by atoms with Gasteiger partial charge in [0, 0.05) is 17.1 Å². The molecular weight excluding hydrogens is 446 g/mol. The molecular formula is C36H29N. The van der Waals surface area contributed by atoms with Crippen LogP contribution in [0, 0.1) is 13.8 Å². The molecule has 0 bridgehead atoms. The van der Waals surface area contributed by atoms with E-state index in [1.807, 2.05) is 0 Å². The molecule has 0 atom stereocenters. The topological polar surface area (TPSA) is 3.24 Å². The number of allylic oxidation sites excluding steroid dienone is 1. The molecule has 0 saturated heterocycles. The van der Waals surface area contributed by atoms with Crippen LogP contribution in [0.4, 0.5) is 17.1 Å². The van der Waals surface area contributed by atoms with E-state index < -0.39 is 0 Å². The first-order chi connectivity index (χ1) is 18.2. The molecule has 0 radical (unpaired) electrons. The first-order valence-electron chi connectivity index (χ1n) is 13.2. The van der Waals surface area contributed by atoms with Crippen LogP contribution in [0.1, 0.15) is 39.8 Å². The van der Waals surface area contributed by atoms with Gasteiger partial charge in [0.1, 0.15) is 0 Å². The highest BCUT2D eigenvalue weighted by molar-refractivity contribution is 6.12. The van der Waals surface area contributed by atoms with Gasteiger partial charge in [-0.05, 0) is 113 Å². The van der Waals surface area contributed by atoms with Gasteiger partial charge in [-0.25, -0.2) is 0 Å². The zero-order valence-corrected chi connectivity index (χ0v) is 21.3. The van der Waals surface area contributed by atoms with Crippen molar-refractivity contribution in [1.82, 2.24) is 0 Å². The molecule has 37 heavy (non-hydrogen) atoms. The largest absolute Gasteiger partial charge is 0.311 e. The number of hydrogen-bond donors (Lipinski definition) is 0. The summed E-state index contributed by atoms with van der Waals surface area (Å²) < 4.78 is 0. The van der Waals surface area contributed by atoms with Gasteiger partial charge in [0.05, 0.1) is 0 Å². The number of benzene rings is 5. The molecule has 0 N–H and O–H groups in total. The summed E-state index contributed by atoms with van der Waals surface area (Å²) in [6.07, 6.45) is 2.17. The molecule has 0 spiro atoms. The van der Waals surface area contributed by atoms with Crippen molar-refractivity contribution < 1.29 is 0 Å². The molecule has 0 saturated carbocycles. The molecule has 2 aliphatic carbocycles. The lowest BCUT2D eigenvalue weighted by atomic mass is 9.80. The Hall–Kier alpha value is -4.36. The van der Waals surface area contributed by atoms with Crippen LogP contribution in [-0.4, -0.2) is 0 Å². The van der Waals surface area contributed by atoms with Gasteiger partial charge < -0.3 is 4.90 Å². The Bertz CT molecular complexity index is 1620. The van der Waals surface area contributed by atoms with Crippen molar-refractivity contribution in [3.63, 3.8) is 0 Å². The standard InChI is InChI=1S/C36H29N/c1-24-13-19-32-33-20-14-25(2)30-21-22-31(36(35(30)33)34(32)23-24)26-15-17-29(18-16-26)37(27-9-5-3-6-10-27)28-11-7-4-8-12-28/h3-20,23H,21-22H2,1-2H3. The molecule has 178 valence electrons. The second kappa shape index (κ2) is 8.64. The maximum absolute atomic E-state index is 2.38. The Balaban J connectivity index is 1.38. The van der Waals surface area contributed by atoms with Gasteiger partial charge in [0.15, 0.2) is 0 Å². The SMILES string of the molecule is Cc1ccc2c(c1)C1=C(c3ccc(N(c4ccccc4)c4ccccc4)cc3)CCc3c(C)ccc-2c31. The van der Waals surface area contributed by atoms with Crippen LogP contribution in [0.2, 0.25) is 0 Å². The number of anilines is 3. The predicted octanol–water partition coefficient (Wildman–Crippen LogP) is 9.66. The monoisotopic (exact) mass is 475 g/mol. The number of rotatable bonds is 4. The van der Waals surface area contributed by atoms with Crippen molar-refractivity contribution in [3.05, 3.63) is 149 Å². The minimum absolute atomic E-state index is 1.07. The third-order valence-electron chi connectivity index (χ3n) is 7.96. The summed E-state index contributed by atoms with van der Waals surface area (Å²) in [7, 11) is 0. The van der Waals surface area contributed by atoms with Crippen molar-refractivity contribution in [2.45, 2.75) is 26.7 Å². The number of fused-ring (bicyclic) bond motifs is 3. The van der Waals surface area contributed by atoms with Crippen molar-refractivity contribution in [3.8, 4) is 11.1 Å². The zero-order chi connectivity index (χ0) is 24.9. The Morgan fingerprint density at radius 3 is 1.84 bits per heavy atom. The zero-order valence-electron chi connectivity index (χ0n) is 21.3. The van der Waals surface area contributed by atoms with Crippen molar-refractivity contribution >= 4 is 28.2 Å². The molecule has 7 rings (SSSR count). The summed E-state index contributed by atoms with van der Waals surface area (Å²) in [6, 6.07) is 42.0. The number of nitrogens with zero attached hydrogens (tertiary/aromatic N) is 1. The van der Waals surface area contributed by atoms with Gasteiger partial charge in [-0.1, -0.05) is 84.4 Å². The summed E-state index contributed by atoms with van der Waals surface area (Å²) in [5.41, 5.74) is 17.7. The quantitative estimate of drug-likeness (QED) is 0.245. The van der Waals surface area contributed by atoms with Gasteiger partial charge in [-0.2, -0.15) is 0 Å². The van der Waals surface area contributed by atoms with Gasteiger partial charge in [0.25, 0.3) is 0 Å². The Morgan fingerprint density at radius 2 is 1.16 bits per heavy atom. The van der Waals surface area contributed by atoms with Crippen LogP contribution in [0.25, 0.3) is 22.3 Å². The summed E-state index contributed by atoms with van der Waals surface area (Å²) >= 11 is 0. The lowest BCUT2D eigenvalue weighted by Crippen LogP contribution is -2.10. The normalized spacial score (nSPS) is 13.4.